The Labute approximate surface area is 114 Å². The summed E-state index contributed by atoms with van der Waals surface area (Å²) in [5.74, 6) is 6.93. The third-order valence-electron chi connectivity index (χ3n) is 2.39. The van der Waals surface area contributed by atoms with Gasteiger partial charge in [-0.25, -0.2) is 0 Å². The minimum absolute atomic E-state index is 0.356. The summed E-state index contributed by atoms with van der Waals surface area (Å²) in [5, 5.41) is 0. The highest BCUT2D eigenvalue weighted by Gasteiger charge is 2.13. The van der Waals surface area contributed by atoms with Gasteiger partial charge in [-0.1, -0.05) is 42.2 Å². The van der Waals surface area contributed by atoms with E-state index in [4.69, 9.17) is 4.74 Å². The number of benzene rings is 1. The predicted octanol–water partition coefficient (Wildman–Crippen LogP) is 3.00. The number of rotatable bonds is 2. The maximum Gasteiger partial charge on any atom is 0.308 e. The van der Waals surface area contributed by atoms with Crippen LogP contribution in [-0.2, 0) is 9.53 Å². The normalized spacial score (nSPS) is 15.7. The van der Waals surface area contributed by atoms with Gasteiger partial charge in [0.15, 0.2) is 0 Å². The van der Waals surface area contributed by atoms with E-state index >= 15 is 0 Å². The zero-order valence-electron chi connectivity index (χ0n) is 10.6. The fourth-order valence-corrected chi connectivity index (χ4v) is 1.57. The van der Waals surface area contributed by atoms with Gasteiger partial charge in [0.2, 0.25) is 0 Å². The van der Waals surface area contributed by atoms with Crippen molar-refractivity contribution < 1.29 is 9.53 Å². The number of ether oxygens (including phenoxy) is 1. The minimum atomic E-state index is -0.356. The van der Waals surface area contributed by atoms with Crippen LogP contribution in [-0.4, -0.2) is 5.97 Å². The molecule has 1 aromatic rings. The van der Waals surface area contributed by atoms with E-state index < -0.39 is 0 Å². The summed E-state index contributed by atoms with van der Waals surface area (Å²) < 4.78 is 5.18. The van der Waals surface area contributed by atoms with E-state index in [0.717, 1.165) is 11.5 Å². The highest BCUT2D eigenvalue weighted by molar-refractivity contribution is 5.77. The monoisotopic (exact) mass is 249 g/mol. The number of carbonyl (C=O) groups is 1. The molecule has 0 bridgehead atoms. The van der Waals surface area contributed by atoms with Crippen molar-refractivity contribution in [3.8, 4) is 11.8 Å². The molecule has 0 unspecified atom stereocenters. The van der Waals surface area contributed by atoms with Crippen LogP contribution < -0.4 is 0 Å². The van der Waals surface area contributed by atoms with Gasteiger partial charge in [0, 0.05) is 18.6 Å². The lowest BCUT2D eigenvalue weighted by Gasteiger charge is -2.05. The van der Waals surface area contributed by atoms with Gasteiger partial charge in [-0.2, -0.15) is 0 Å². The Bertz CT molecular complexity index is 511. The zero-order valence-corrected chi connectivity index (χ0v) is 10.6. The van der Waals surface area contributed by atoms with Gasteiger partial charge in [0.1, 0.15) is 5.76 Å². The Hall–Kier alpha value is -2.01. The van der Waals surface area contributed by atoms with Crippen LogP contribution in [0, 0.1) is 43.4 Å². The van der Waals surface area contributed by atoms with Crippen molar-refractivity contribution in [2.75, 3.05) is 0 Å². The van der Waals surface area contributed by atoms with Crippen molar-refractivity contribution in [1.82, 2.24) is 0 Å². The molecule has 0 spiro atoms. The summed E-state index contributed by atoms with van der Waals surface area (Å²) in [5.41, 5.74) is 0.828. The van der Waals surface area contributed by atoms with Crippen LogP contribution in [0.5, 0.6) is 0 Å². The van der Waals surface area contributed by atoms with Gasteiger partial charge in [-0.3, -0.25) is 4.79 Å². The second-order valence-corrected chi connectivity index (χ2v) is 3.91. The van der Waals surface area contributed by atoms with E-state index in [1.165, 1.54) is 6.92 Å². The number of hydrogen-bond donors (Lipinski definition) is 0. The van der Waals surface area contributed by atoms with Crippen molar-refractivity contribution >= 4 is 11.7 Å². The third-order valence-corrected chi connectivity index (χ3v) is 2.39. The first-order valence-electron chi connectivity index (χ1n) is 5.93. The van der Waals surface area contributed by atoms with Crippen LogP contribution in [0.2, 0.25) is 0 Å². The molecular weight excluding hydrogens is 236 g/mol. The topological polar surface area (TPSA) is 26.3 Å². The first kappa shape index (κ1) is 13.4. The number of allylic oxidation sites excluding steroid dienone is 1. The summed E-state index contributed by atoms with van der Waals surface area (Å²) >= 11 is 0. The van der Waals surface area contributed by atoms with Crippen LogP contribution in [0.4, 0.5) is 0 Å². The van der Waals surface area contributed by atoms with E-state index in [1.807, 2.05) is 56.0 Å². The summed E-state index contributed by atoms with van der Waals surface area (Å²) in [7, 11) is 0. The first-order valence-corrected chi connectivity index (χ1v) is 5.93. The molecule has 0 saturated heterocycles. The summed E-state index contributed by atoms with van der Waals surface area (Å²) in [6.07, 6.45) is 9.32. The molecule has 19 heavy (non-hydrogen) atoms. The lowest BCUT2D eigenvalue weighted by atomic mass is 10.1. The molecular formula is C17H13O2. The van der Waals surface area contributed by atoms with E-state index in [2.05, 4.69) is 11.8 Å². The Kier molecular flexibility index (Phi) is 4.80. The molecule has 0 aliphatic heterocycles. The molecule has 2 heteroatoms. The molecule has 5 radical (unpaired) electrons. The summed E-state index contributed by atoms with van der Waals surface area (Å²) in [6.45, 7) is 1.38. The third kappa shape index (κ3) is 4.30. The van der Waals surface area contributed by atoms with Crippen LogP contribution in [0.25, 0.3) is 5.76 Å². The van der Waals surface area contributed by atoms with E-state index in [-0.39, 0.29) is 5.97 Å². The molecule has 0 atom stereocenters. The zero-order chi connectivity index (χ0) is 13.5. The number of hydrogen-bond acceptors (Lipinski definition) is 2. The second kappa shape index (κ2) is 6.80. The van der Waals surface area contributed by atoms with E-state index in [9.17, 15) is 4.79 Å². The number of esters is 1. The molecule has 1 aliphatic rings. The molecule has 0 amide bonds. The maximum atomic E-state index is 11.1. The molecule has 1 saturated carbocycles. The van der Waals surface area contributed by atoms with Crippen LogP contribution >= 0.6 is 0 Å². The van der Waals surface area contributed by atoms with Crippen molar-refractivity contribution in [3.63, 3.8) is 0 Å². The predicted molar refractivity (Wildman–Crippen MR) is 74.4 cm³/mol. The average Bonchev–Trinajstić information content (AvgIpc) is 2.91. The van der Waals surface area contributed by atoms with Crippen LogP contribution in [0.3, 0.4) is 0 Å². The fraction of sp³-hybridized carbons (Fsp3) is 0.0588. The highest BCUT2D eigenvalue weighted by atomic mass is 16.5. The molecule has 2 nitrogen and oxygen atoms in total. The Balaban J connectivity index is 2.15. The lowest BCUT2D eigenvalue weighted by molar-refractivity contribution is -0.134. The molecule has 0 heterocycles. The van der Waals surface area contributed by atoms with Crippen molar-refractivity contribution in [1.29, 1.82) is 0 Å². The highest BCUT2D eigenvalue weighted by Crippen LogP contribution is 2.22. The quantitative estimate of drug-likeness (QED) is 0.457. The first-order chi connectivity index (χ1) is 9.25. The molecule has 93 valence electrons. The van der Waals surface area contributed by atoms with Gasteiger partial charge < -0.3 is 4.74 Å². The van der Waals surface area contributed by atoms with Gasteiger partial charge in [-0.15, -0.1) is 0 Å². The van der Waals surface area contributed by atoms with Gasteiger partial charge in [0.25, 0.3) is 0 Å². The second-order valence-electron chi connectivity index (χ2n) is 3.91. The fourth-order valence-electron chi connectivity index (χ4n) is 1.57. The number of carbonyl (C=O) groups excluding carboxylic acids is 1. The van der Waals surface area contributed by atoms with Gasteiger partial charge in [0.05, 0.1) is 5.92 Å². The SMILES string of the molecule is CC(=O)O/C(=C\C#C[C]1[CH][CH][CH][CH]1)c1ccccc1. The molecule has 1 fully saturated rings. The minimum Gasteiger partial charge on any atom is -0.425 e. The lowest BCUT2D eigenvalue weighted by Crippen LogP contribution is -1.98. The Morgan fingerprint density at radius 3 is 2.47 bits per heavy atom. The Morgan fingerprint density at radius 1 is 1.16 bits per heavy atom. The summed E-state index contributed by atoms with van der Waals surface area (Å²) in [6, 6.07) is 9.43. The van der Waals surface area contributed by atoms with Gasteiger partial charge >= 0.3 is 5.97 Å². The largest absolute Gasteiger partial charge is 0.425 e. The van der Waals surface area contributed by atoms with Crippen LogP contribution in [0.15, 0.2) is 36.4 Å². The molecule has 2 rings (SSSR count). The molecule has 0 N–H and O–H groups in total. The van der Waals surface area contributed by atoms with Crippen molar-refractivity contribution in [2.24, 2.45) is 0 Å². The Morgan fingerprint density at radius 2 is 1.84 bits per heavy atom. The molecule has 1 aliphatic carbocycles. The standard InChI is InChI=1S/C17H13O2/c1-14(18)19-17(16-11-3-2-4-12-16)13-7-10-15-8-5-6-9-15/h2-6,8-9,11-13H,1H3/b17-13-. The smallest absolute Gasteiger partial charge is 0.308 e. The van der Waals surface area contributed by atoms with Crippen molar-refractivity contribution in [2.45, 2.75) is 6.92 Å². The molecule has 0 aromatic heterocycles. The van der Waals surface area contributed by atoms with Gasteiger partial charge in [-0.05, 0) is 25.7 Å². The van der Waals surface area contributed by atoms with Crippen molar-refractivity contribution in [3.05, 3.63) is 73.6 Å². The van der Waals surface area contributed by atoms with Crippen LogP contribution in [0.1, 0.15) is 12.5 Å². The molecule has 1 aromatic carbocycles. The van der Waals surface area contributed by atoms with E-state index in [1.54, 1.807) is 6.08 Å². The average molecular weight is 249 g/mol. The summed E-state index contributed by atoms with van der Waals surface area (Å²) in [4.78, 5) is 11.1. The van der Waals surface area contributed by atoms with E-state index in [0.29, 0.717) is 5.76 Å². The maximum absolute atomic E-state index is 11.1.